The number of halogens is 1. The van der Waals surface area contributed by atoms with Crippen LogP contribution in [0.5, 0.6) is 5.88 Å². The lowest BCUT2D eigenvalue weighted by Crippen LogP contribution is -2.45. The topological polar surface area (TPSA) is 51.2 Å². The van der Waals surface area contributed by atoms with Gasteiger partial charge < -0.3 is 10.1 Å². The first kappa shape index (κ1) is 15.1. The van der Waals surface area contributed by atoms with Crippen LogP contribution in [-0.2, 0) is 11.2 Å². The molecular formula is C13H17IN2O2S. The Morgan fingerprint density at radius 1 is 1.58 bits per heavy atom. The average molecular weight is 392 g/mol. The fourth-order valence-corrected chi connectivity index (χ4v) is 2.82. The van der Waals surface area contributed by atoms with Gasteiger partial charge in [0, 0.05) is 45.9 Å². The van der Waals surface area contributed by atoms with Crippen molar-refractivity contribution in [3.63, 3.8) is 0 Å². The van der Waals surface area contributed by atoms with Gasteiger partial charge in [0.2, 0.25) is 5.88 Å². The number of aryl methyl sites for hydroxylation is 1. The molecule has 1 N–H and O–H groups in total. The van der Waals surface area contributed by atoms with Crippen LogP contribution in [-0.4, -0.2) is 29.3 Å². The molecule has 0 aromatic carbocycles. The second-order valence-corrected chi connectivity index (χ2v) is 6.58. The number of pyridine rings is 1. The van der Waals surface area contributed by atoms with Crippen LogP contribution >= 0.6 is 30.1 Å². The molecule has 0 aliphatic heterocycles. The van der Waals surface area contributed by atoms with Crippen LogP contribution in [0, 0.1) is 0 Å². The van der Waals surface area contributed by atoms with E-state index in [1.54, 1.807) is 6.20 Å². The Morgan fingerprint density at radius 3 is 2.95 bits per heavy atom. The van der Waals surface area contributed by atoms with E-state index >= 15 is 0 Å². The van der Waals surface area contributed by atoms with E-state index < -0.39 is 0 Å². The number of ether oxygens (including phenoxy) is 1. The Bertz CT molecular complexity index is 421. The zero-order chi connectivity index (χ0) is 13.7. The molecule has 0 radical (unpaired) electrons. The summed E-state index contributed by atoms with van der Waals surface area (Å²) in [5.41, 5.74) is 1.08. The van der Waals surface area contributed by atoms with Crippen LogP contribution in [0.4, 0.5) is 0 Å². The average Bonchev–Trinajstić information content (AvgIpc) is 2.40. The van der Waals surface area contributed by atoms with E-state index in [4.69, 9.17) is 4.74 Å². The summed E-state index contributed by atoms with van der Waals surface area (Å²) in [6.07, 6.45) is 5.47. The van der Waals surface area contributed by atoms with Crippen LogP contribution in [0.25, 0.3) is 0 Å². The summed E-state index contributed by atoms with van der Waals surface area (Å²) in [5.74, 6) is 0.679. The lowest BCUT2D eigenvalue weighted by Gasteiger charge is -2.34. The molecule has 0 amide bonds. The number of aromatic nitrogens is 1. The highest BCUT2D eigenvalue weighted by Crippen LogP contribution is 2.24. The zero-order valence-corrected chi connectivity index (χ0v) is 13.7. The molecule has 2 rings (SSSR count). The third-order valence-corrected chi connectivity index (χ3v) is 5.14. The van der Waals surface area contributed by atoms with Gasteiger partial charge >= 0.3 is 0 Å². The van der Waals surface area contributed by atoms with Crippen LogP contribution in [0.1, 0.15) is 24.8 Å². The summed E-state index contributed by atoms with van der Waals surface area (Å²) in [6, 6.07) is 4.46. The van der Waals surface area contributed by atoms with Gasteiger partial charge in [-0.1, -0.05) is 6.07 Å². The maximum atomic E-state index is 11.2. The first-order valence-corrected chi connectivity index (χ1v) is 9.67. The Kier molecular flexibility index (Phi) is 5.90. The predicted octanol–water partition coefficient (Wildman–Crippen LogP) is 2.75. The van der Waals surface area contributed by atoms with E-state index in [-0.39, 0.29) is 11.2 Å². The number of rotatable bonds is 6. The smallest absolute Gasteiger partial charge is 0.213 e. The Balaban J connectivity index is 1.77. The molecule has 1 heterocycles. The lowest BCUT2D eigenvalue weighted by molar-refractivity contribution is -0.110. The Labute approximate surface area is 129 Å². The van der Waals surface area contributed by atoms with Gasteiger partial charge in [0.05, 0.1) is 0 Å². The Morgan fingerprint density at radius 2 is 2.37 bits per heavy atom. The summed E-state index contributed by atoms with van der Waals surface area (Å²) in [4.78, 5) is 15.5. The standard InChI is InChI=1S/C13H17IN2O2S/c1-15-10-6-11(7-10)18-12-4-2-9(8-16-12)3-5-13(17)19-14/h2,4,8,10-11,15H,3,5-7H2,1H3. The minimum atomic E-state index is 0.202. The predicted molar refractivity (Wildman–Crippen MR) is 85.7 cm³/mol. The zero-order valence-electron chi connectivity index (χ0n) is 10.8. The van der Waals surface area contributed by atoms with Gasteiger partial charge in [-0.2, -0.15) is 0 Å². The number of hydrogen-bond acceptors (Lipinski definition) is 5. The molecule has 6 heteroatoms. The summed E-state index contributed by atoms with van der Waals surface area (Å²) in [7, 11) is 3.22. The molecule has 4 nitrogen and oxygen atoms in total. The Hall–Kier alpha value is -0.340. The van der Waals surface area contributed by atoms with E-state index in [0.29, 0.717) is 18.3 Å². The molecule has 0 saturated heterocycles. The quantitative estimate of drug-likeness (QED) is 0.755. The number of carbonyl (C=O) groups is 1. The molecule has 1 saturated carbocycles. The van der Waals surface area contributed by atoms with Crippen molar-refractivity contribution in [1.82, 2.24) is 10.3 Å². The van der Waals surface area contributed by atoms with Gasteiger partial charge in [-0.3, -0.25) is 4.79 Å². The SMILES string of the molecule is CNC1CC(Oc2ccc(CCC(=O)SI)cn2)C1. The minimum absolute atomic E-state index is 0.202. The molecule has 0 unspecified atom stereocenters. The van der Waals surface area contributed by atoms with Crippen LogP contribution < -0.4 is 10.1 Å². The highest BCUT2D eigenvalue weighted by molar-refractivity contribution is 14.2. The third kappa shape index (κ3) is 4.61. The fourth-order valence-electron chi connectivity index (χ4n) is 1.98. The van der Waals surface area contributed by atoms with Gasteiger partial charge in [0.15, 0.2) is 5.12 Å². The normalized spacial score (nSPS) is 21.8. The largest absolute Gasteiger partial charge is 0.474 e. The molecule has 19 heavy (non-hydrogen) atoms. The monoisotopic (exact) mass is 392 g/mol. The van der Waals surface area contributed by atoms with E-state index in [1.807, 2.05) is 40.4 Å². The maximum Gasteiger partial charge on any atom is 0.213 e. The van der Waals surface area contributed by atoms with Crippen LogP contribution in [0.15, 0.2) is 18.3 Å². The first-order valence-electron chi connectivity index (χ1n) is 6.31. The molecule has 1 aromatic rings. The van der Waals surface area contributed by atoms with Crippen molar-refractivity contribution in [2.45, 2.75) is 37.8 Å². The van der Waals surface area contributed by atoms with E-state index in [1.165, 1.54) is 8.93 Å². The van der Waals surface area contributed by atoms with Gasteiger partial charge in [-0.15, -0.1) is 0 Å². The molecule has 1 aromatic heterocycles. The van der Waals surface area contributed by atoms with E-state index in [9.17, 15) is 4.79 Å². The summed E-state index contributed by atoms with van der Waals surface area (Å²) < 4.78 is 5.76. The van der Waals surface area contributed by atoms with Crippen molar-refractivity contribution < 1.29 is 9.53 Å². The van der Waals surface area contributed by atoms with Gasteiger partial charge in [0.25, 0.3) is 0 Å². The van der Waals surface area contributed by atoms with E-state index in [0.717, 1.165) is 24.8 Å². The summed E-state index contributed by atoms with van der Waals surface area (Å²) in [5, 5.41) is 3.43. The van der Waals surface area contributed by atoms with Crippen molar-refractivity contribution in [1.29, 1.82) is 0 Å². The fraction of sp³-hybridized carbons (Fsp3) is 0.538. The molecule has 1 fully saturated rings. The highest BCUT2D eigenvalue weighted by atomic mass is 127. The third-order valence-electron chi connectivity index (χ3n) is 3.29. The lowest BCUT2D eigenvalue weighted by atomic mass is 9.89. The van der Waals surface area contributed by atoms with Gasteiger partial charge in [0.1, 0.15) is 6.10 Å². The molecule has 104 valence electrons. The maximum absolute atomic E-state index is 11.2. The van der Waals surface area contributed by atoms with Gasteiger partial charge in [-0.05, 0) is 40.8 Å². The summed E-state index contributed by atoms with van der Waals surface area (Å²) >= 11 is 2.02. The first-order chi connectivity index (χ1) is 9.21. The molecule has 0 spiro atoms. The molecule has 1 aliphatic carbocycles. The second kappa shape index (κ2) is 7.44. The number of nitrogens with zero attached hydrogens (tertiary/aromatic N) is 1. The van der Waals surface area contributed by atoms with Crippen LogP contribution in [0.3, 0.4) is 0 Å². The summed E-state index contributed by atoms with van der Waals surface area (Å²) in [6.45, 7) is 0. The molecule has 0 atom stereocenters. The number of nitrogens with one attached hydrogen (secondary N) is 1. The van der Waals surface area contributed by atoms with Crippen molar-refractivity contribution in [2.75, 3.05) is 7.05 Å². The van der Waals surface area contributed by atoms with Crippen molar-refractivity contribution >= 4 is 35.3 Å². The highest BCUT2D eigenvalue weighted by Gasteiger charge is 2.29. The van der Waals surface area contributed by atoms with Crippen molar-refractivity contribution in [3.05, 3.63) is 23.9 Å². The molecule has 1 aliphatic rings. The van der Waals surface area contributed by atoms with Crippen molar-refractivity contribution in [2.24, 2.45) is 0 Å². The van der Waals surface area contributed by atoms with E-state index in [2.05, 4.69) is 10.3 Å². The van der Waals surface area contributed by atoms with Gasteiger partial charge in [-0.25, -0.2) is 4.98 Å². The molecular weight excluding hydrogens is 375 g/mol. The number of carbonyl (C=O) groups excluding carboxylic acids is 1. The number of hydrogen-bond donors (Lipinski definition) is 1. The minimum Gasteiger partial charge on any atom is -0.474 e. The van der Waals surface area contributed by atoms with Crippen LogP contribution in [0.2, 0.25) is 0 Å². The second-order valence-electron chi connectivity index (χ2n) is 4.65. The van der Waals surface area contributed by atoms with Crippen molar-refractivity contribution in [3.8, 4) is 5.88 Å². The molecule has 0 bridgehead atoms.